The van der Waals surface area contributed by atoms with Crippen molar-refractivity contribution in [3.8, 4) is 0 Å². The van der Waals surface area contributed by atoms with Crippen LogP contribution in [0, 0.1) is 0 Å². The van der Waals surface area contributed by atoms with Gasteiger partial charge in [-0.3, -0.25) is 0 Å². The maximum atomic E-state index is 11.8. The van der Waals surface area contributed by atoms with Crippen LogP contribution in [-0.4, -0.2) is 55.6 Å². The Morgan fingerprint density at radius 3 is 2.74 bits per heavy atom. The van der Waals surface area contributed by atoms with E-state index in [2.05, 4.69) is 21.2 Å². The van der Waals surface area contributed by atoms with E-state index in [1.165, 1.54) is 18.6 Å². The van der Waals surface area contributed by atoms with Crippen LogP contribution in [-0.2, 0) is 4.74 Å². The Balaban J connectivity index is 2.19. The SMILES string of the molecule is COC(=O)c1c(N)nsc1N(C)C1CCN(C)CC1. The molecule has 1 aliphatic heterocycles. The van der Waals surface area contributed by atoms with Gasteiger partial charge in [0.25, 0.3) is 0 Å². The van der Waals surface area contributed by atoms with Crippen molar-refractivity contribution in [3.05, 3.63) is 5.56 Å². The van der Waals surface area contributed by atoms with Gasteiger partial charge in [0, 0.05) is 13.1 Å². The maximum Gasteiger partial charge on any atom is 0.344 e. The van der Waals surface area contributed by atoms with Crippen LogP contribution in [0.1, 0.15) is 23.2 Å². The molecule has 1 fully saturated rings. The third-order valence-corrected chi connectivity index (χ3v) is 4.60. The molecular weight excluding hydrogens is 264 g/mol. The summed E-state index contributed by atoms with van der Waals surface area (Å²) in [5.74, 6) is -0.160. The summed E-state index contributed by atoms with van der Waals surface area (Å²) in [6.45, 7) is 2.13. The van der Waals surface area contributed by atoms with E-state index >= 15 is 0 Å². The molecule has 7 heteroatoms. The van der Waals surface area contributed by atoms with Gasteiger partial charge in [-0.1, -0.05) is 0 Å². The summed E-state index contributed by atoms with van der Waals surface area (Å²) in [5.41, 5.74) is 6.17. The summed E-state index contributed by atoms with van der Waals surface area (Å²) in [7, 11) is 5.48. The van der Waals surface area contributed by atoms with Crippen LogP contribution in [0.4, 0.5) is 10.8 Å². The van der Waals surface area contributed by atoms with Crippen molar-refractivity contribution >= 4 is 28.3 Å². The Morgan fingerprint density at radius 2 is 2.16 bits per heavy atom. The number of anilines is 2. The number of ether oxygens (including phenoxy) is 1. The number of nitrogen functional groups attached to an aromatic ring is 1. The zero-order valence-electron chi connectivity index (χ0n) is 11.5. The lowest BCUT2D eigenvalue weighted by Gasteiger charge is -2.35. The summed E-state index contributed by atoms with van der Waals surface area (Å²) in [6.07, 6.45) is 2.15. The number of nitrogens with two attached hydrogens (primary N) is 1. The van der Waals surface area contributed by atoms with Gasteiger partial charge < -0.3 is 20.3 Å². The van der Waals surface area contributed by atoms with Gasteiger partial charge in [-0.05, 0) is 44.5 Å². The molecule has 0 aromatic carbocycles. The fraction of sp³-hybridized carbons (Fsp3) is 0.667. The van der Waals surface area contributed by atoms with Crippen LogP contribution in [0.15, 0.2) is 0 Å². The highest BCUT2D eigenvalue weighted by molar-refractivity contribution is 7.11. The van der Waals surface area contributed by atoms with Gasteiger partial charge in [0.2, 0.25) is 0 Å². The van der Waals surface area contributed by atoms with Crippen molar-refractivity contribution in [1.29, 1.82) is 0 Å². The summed E-state index contributed by atoms with van der Waals surface area (Å²) in [6, 6.07) is 0.416. The minimum atomic E-state index is -0.416. The van der Waals surface area contributed by atoms with Crippen molar-refractivity contribution in [1.82, 2.24) is 9.27 Å². The molecular formula is C12H20N4O2S. The third kappa shape index (κ3) is 2.82. The lowest BCUT2D eigenvalue weighted by Crippen LogP contribution is -2.42. The number of piperidine rings is 1. The number of methoxy groups -OCH3 is 1. The topological polar surface area (TPSA) is 71.7 Å². The van der Waals surface area contributed by atoms with E-state index in [1.54, 1.807) is 0 Å². The molecule has 106 valence electrons. The normalized spacial score (nSPS) is 17.4. The first-order valence-electron chi connectivity index (χ1n) is 6.29. The monoisotopic (exact) mass is 284 g/mol. The van der Waals surface area contributed by atoms with E-state index < -0.39 is 5.97 Å². The summed E-state index contributed by atoms with van der Waals surface area (Å²) >= 11 is 1.26. The highest BCUT2D eigenvalue weighted by Crippen LogP contribution is 2.33. The number of hydrogen-bond acceptors (Lipinski definition) is 7. The van der Waals surface area contributed by atoms with E-state index in [0.29, 0.717) is 11.6 Å². The highest BCUT2D eigenvalue weighted by Gasteiger charge is 2.28. The van der Waals surface area contributed by atoms with Crippen LogP contribution >= 0.6 is 11.5 Å². The van der Waals surface area contributed by atoms with Gasteiger partial charge in [-0.25, -0.2) is 4.79 Å². The van der Waals surface area contributed by atoms with Crippen LogP contribution in [0.2, 0.25) is 0 Å². The first kappa shape index (κ1) is 14.1. The number of carbonyl (C=O) groups is 1. The predicted molar refractivity (Wildman–Crippen MR) is 76.8 cm³/mol. The molecule has 0 atom stereocenters. The van der Waals surface area contributed by atoms with Gasteiger partial charge in [0.05, 0.1) is 7.11 Å². The Bertz CT molecular complexity index is 455. The molecule has 6 nitrogen and oxygen atoms in total. The highest BCUT2D eigenvalue weighted by atomic mass is 32.1. The molecule has 0 bridgehead atoms. The van der Waals surface area contributed by atoms with E-state index in [-0.39, 0.29) is 5.82 Å². The summed E-state index contributed by atoms with van der Waals surface area (Å²) in [4.78, 5) is 16.2. The van der Waals surface area contributed by atoms with Crippen molar-refractivity contribution in [3.63, 3.8) is 0 Å². The lowest BCUT2D eigenvalue weighted by molar-refractivity contribution is 0.0603. The predicted octanol–water partition coefficient (Wildman–Crippen LogP) is 1.04. The molecule has 2 heterocycles. The van der Waals surface area contributed by atoms with Gasteiger partial charge >= 0.3 is 5.97 Å². The third-order valence-electron chi connectivity index (χ3n) is 3.65. The molecule has 2 N–H and O–H groups in total. The van der Waals surface area contributed by atoms with Crippen LogP contribution in [0.5, 0.6) is 0 Å². The smallest absolute Gasteiger partial charge is 0.344 e. The van der Waals surface area contributed by atoms with E-state index in [1.807, 2.05) is 7.05 Å². The van der Waals surface area contributed by atoms with Crippen molar-refractivity contribution < 1.29 is 9.53 Å². The van der Waals surface area contributed by atoms with E-state index in [0.717, 1.165) is 30.9 Å². The number of esters is 1. The van der Waals surface area contributed by atoms with Crippen molar-refractivity contribution in [2.45, 2.75) is 18.9 Å². The van der Waals surface area contributed by atoms with Gasteiger partial charge in [0.1, 0.15) is 10.6 Å². The number of hydrogen-bond donors (Lipinski definition) is 1. The molecule has 0 aliphatic carbocycles. The van der Waals surface area contributed by atoms with Gasteiger partial charge in [0.15, 0.2) is 5.82 Å². The number of rotatable bonds is 3. The van der Waals surface area contributed by atoms with E-state index in [9.17, 15) is 4.79 Å². The van der Waals surface area contributed by atoms with Crippen molar-refractivity contribution in [2.24, 2.45) is 0 Å². The standard InChI is InChI=1S/C12H20N4O2S/c1-15-6-4-8(5-7-15)16(2)11-9(12(17)18-3)10(13)14-19-11/h8H,4-7H2,1-3H3,(H2,13,14). The number of carbonyl (C=O) groups excluding carboxylic acids is 1. The Morgan fingerprint density at radius 1 is 1.53 bits per heavy atom. The molecule has 0 radical (unpaired) electrons. The van der Waals surface area contributed by atoms with Gasteiger partial charge in [-0.15, -0.1) is 0 Å². The number of likely N-dealkylation sites (tertiary alicyclic amines) is 1. The minimum absolute atomic E-state index is 0.256. The Kier molecular flexibility index (Phi) is 4.26. The zero-order chi connectivity index (χ0) is 14.0. The average Bonchev–Trinajstić information content (AvgIpc) is 2.80. The Labute approximate surface area is 117 Å². The number of aromatic nitrogens is 1. The molecule has 1 aliphatic rings. The first-order chi connectivity index (χ1) is 9.04. The second-order valence-electron chi connectivity index (χ2n) is 4.88. The molecule has 2 rings (SSSR count). The molecule has 0 spiro atoms. The fourth-order valence-electron chi connectivity index (χ4n) is 2.38. The zero-order valence-corrected chi connectivity index (χ0v) is 12.4. The average molecular weight is 284 g/mol. The summed E-state index contributed by atoms with van der Waals surface area (Å²) < 4.78 is 8.87. The molecule has 0 unspecified atom stereocenters. The molecule has 0 saturated carbocycles. The fourth-order valence-corrected chi connectivity index (χ4v) is 3.21. The minimum Gasteiger partial charge on any atom is -0.465 e. The molecule has 19 heavy (non-hydrogen) atoms. The second kappa shape index (κ2) is 5.75. The van der Waals surface area contributed by atoms with Crippen LogP contribution in [0.25, 0.3) is 0 Å². The molecule has 1 aromatic heterocycles. The lowest BCUT2D eigenvalue weighted by atomic mass is 10.0. The Hall–Kier alpha value is -1.34. The molecule has 1 aromatic rings. The molecule has 0 amide bonds. The second-order valence-corrected chi connectivity index (χ2v) is 5.64. The van der Waals surface area contributed by atoms with Crippen LogP contribution in [0.3, 0.4) is 0 Å². The number of nitrogens with zero attached hydrogens (tertiary/aromatic N) is 3. The van der Waals surface area contributed by atoms with E-state index in [4.69, 9.17) is 10.5 Å². The van der Waals surface area contributed by atoms with Crippen molar-refractivity contribution in [2.75, 3.05) is 44.9 Å². The van der Waals surface area contributed by atoms with Gasteiger partial charge in [-0.2, -0.15) is 4.37 Å². The molecule has 1 saturated heterocycles. The maximum absolute atomic E-state index is 11.8. The first-order valence-corrected chi connectivity index (χ1v) is 7.06. The quantitative estimate of drug-likeness (QED) is 0.836. The summed E-state index contributed by atoms with van der Waals surface area (Å²) in [5, 5.41) is 0.805. The largest absolute Gasteiger partial charge is 0.465 e. The van der Waals surface area contributed by atoms with Crippen LogP contribution < -0.4 is 10.6 Å².